The largest absolute Gasteiger partial charge is 0.472 e. The molecule has 0 saturated heterocycles. The Morgan fingerprint density at radius 1 is 0.337 bits per heavy atom. The molecule has 560 valence electrons. The molecule has 3 unspecified atom stereocenters. The Labute approximate surface area is 580 Å². The first kappa shape index (κ1) is 92.5. The highest BCUT2D eigenvalue weighted by Gasteiger charge is 2.30. The van der Waals surface area contributed by atoms with Gasteiger partial charge in [-0.1, -0.05) is 322 Å². The second-order valence-corrected chi connectivity index (χ2v) is 29.9. The topological polar surface area (TPSA) is 237 Å². The number of phosphoric ester groups is 2. The van der Waals surface area contributed by atoms with E-state index < -0.39 is 97.5 Å². The minimum atomic E-state index is -4.96. The van der Waals surface area contributed by atoms with Crippen molar-refractivity contribution in [2.24, 2.45) is 5.92 Å². The standard InChI is InChI=1S/C76H144O17P2/c1-6-10-13-16-19-22-25-27-29-30-31-33-35-37-40-46-51-56-61-75(80)92-71(65-87-74(79)60-55-50-45-39-36-34-32-28-26-23-20-17-14-11-7-2)67-90-94(82,83)88-63-70(77)64-89-95(84,85)91-68-72(66-86-73(78)59-54-49-44-38-24-21-18-15-12-8-3)93-76(81)62-57-52-47-42-41-43-48-53-58-69(5)9-4/h23,26,28,32,69-72,77H,6-22,24-25,27,29-31,33-68H2,1-5H3,(H,82,83)(H,84,85)/b26-23-,32-28-/t69?,70-,71-,72-/m1/s1. The van der Waals surface area contributed by atoms with Gasteiger partial charge < -0.3 is 33.8 Å². The molecule has 0 rings (SSSR count). The predicted molar refractivity (Wildman–Crippen MR) is 386 cm³/mol. The summed E-state index contributed by atoms with van der Waals surface area (Å²) in [7, 11) is -9.92. The molecule has 17 nitrogen and oxygen atoms in total. The first-order chi connectivity index (χ1) is 46.1. The van der Waals surface area contributed by atoms with E-state index in [-0.39, 0.29) is 25.7 Å². The molecule has 0 aromatic heterocycles. The Balaban J connectivity index is 5.27. The van der Waals surface area contributed by atoms with E-state index in [1.807, 2.05) is 0 Å². The quantitative estimate of drug-likeness (QED) is 0.0169. The lowest BCUT2D eigenvalue weighted by Gasteiger charge is -2.21. The van der Waals surface area contributed by atoms with Crippen molar-refractivity contribution >= 4 is 39.5 Å². The van der Waals surface area contributed by atoms with Gasteiger partial charge in [0, 0.05) is 25.7 Å². The lowest BCUT2D eigenvalue weighted by atomic mass is 9.99. The Bertz CT molecular complexity index is 1920. The number of esters is 4. The van der Waals surface area contributed by atoms with Crippen LogP contribution in [0.1, 0.15) is 375 Å². The zero-order chi connectivity index (χ0) is 69.8. The van der Waals surface area contributed by atoms with E-state index in [1.54, 1.807) is 0 Å². The second kappa shape index (κ2) is 68.7. The average molecular weight is 1390 g/mol. The third kappa shape index (κ3) is 68.5. The van der Waals surface area contributed by atoms with Gasteiger partial charge in [-0.3, -0.25) is 37.3 Å². The summed E-state index contributed by atoms with van der Waals surface area (Å²) >= 11 is 0. The SMILES string of the molecule is CCCCCC/C=C\C=C/CCCCCCCC(=O)OC[C@H](COP(=O)(O)OC[C@@H](O)COP(=O)(O)OC[C@@H](COC(=O)CCCCCCCCCCCC)OC(=O)CCCCCCCCCCC(C)CC)OC(=O)CCCCCCCCCCCCCCCCCCCC. The maximum absolute atomic E-state index is 13.1. The summed E-state index contributed by atoms with van der Waals surface area (Å²) < 4.78 is 68.5. The van der Waals surface area contributed by atoms with Gasteiger partial charge in [0.2, 0.25) is 0 Å². The van der Waals surface area contributed by atoms with Gasteiger partial charge in [0.25, 0.3) is 0 Å². The van der Waals surface area contributed by atoms with Crippen LogP contribution in [-0.2, 0) is 65.4 Å². The second-order valence-electron chi connectivity index (χ2n) is 26.9. The summed E-state index contributed by atoms with van der Waals surface area (Å²) in [6, 6.07) is 0. The van der Waals surface area contributed by atoms with Crippen molar-refractivity contribution in [1.82, 2.24) is 0 Å². The number of hydrogen-bond donors (Lipinski definition) is 3. The van der Waals surface area contributed by atoms with Crippen molar-refractivity contribution in [3.63, 3.8) is 0 Å². The molecule has 6 atom stereocenters. The van der Waals surface area contributed by atoms with Gasteiger partial charge in [-0.2, -0.15) is 0 Å². The summed E-state index contributed by atoms with van der Waals surface area (Å²) in [5.41, 5.74) is 0. The highest BCUT2D eigenvalue weighted by atomic mass is 31.2. The minimum absolute atomic E-state index is 0.102. The molecule has 0 bridgehead atoms. The maximum atomic E-state index is 13.1. The van der Waals surface area contributed by atoms with Crippen molar-refractivity contribution in [1.29, 1.82) is 0 Å². The Morgan fingerprint density at radius 2 is 0.589 bits per heavy atom. The molecular formula is C76H144O17P2. The normalized spacial score (nSPS) is 14.4. The number of carbonyl (C=O) groups excluding carboxylic acids is 4. The van der Waals surface area contributed by atoms with Gasteiger partial charge in [0.15, 0.2) is 12.2 Å². The van der Waals surface area contributed by atoms with Crippen LogP contribution in [0.4, 0.5) is 0 Å². The van der Waals surface area contributed by atoms with Crippen LogP contribution < -0.4 is 0 Å². The van der Waals surface area contributed by atoms with Crippen LogP contribution >= 0.6 is 15.6 Å². The molecule has 0 aliphatic rings. The Kier molecular flexibility index (Phi) is 66.9. The Morgan fingerprint density at radius 3 is 0.895 bits per heavy atom. The lowest BCUT2D eigenvalue weighted by molar-refractivity contribution is -0.161. The number of ether oxygens (including phenoxy) is 4. The monoisotopic (exact) mass is 1390 g/mol. The van der Waals surface area contributed by atoms with E-state index >= 15 is 0 Å². The first-order valence-electron chi connectivity index (χ1n) is 39.0. The third-order valence-corrected chi connectivity index (χ3v) is 19.4. The lowest BCUT2D eigenvalue weighted by Crippen LogP contribution is -2.30. The van der Waals surface area contributed by atoms with Gasteiger partial charge in [0.05, 0.1) is 26.4 Å². The zero-order valence-electron chi connectivity index (χ0n) is 61.3. The number of rotatable bonds is 74. The number of carbonyl (C=O) groups is 4. The molecule has 0 saturated carbocycles. The fourth-order valence-electron chi connectivity index (χ4n) is 11.1. The van der Waals surface area contributed by atoms with Crippen LogP contribution in [0.2, 0.25) is 0 Å². The number of allylic oxidation sites excluding steroid dienone is 4. The fourth-order valence-corrected chi connectivity index (χ4v) is 12.7. The minimum Gasteiger partial charge on any atom is -0.462 e. The molecule has 95 heavy (non-hydrogen) atoms. The van der Waals surface area contributed by atoms with Gasteiger partial charge in [-0.05, 0) is 57.3 Å². The fraction of sp³-hybridized carbons (Fsp3) is 0.895. The number of unbranched alkanes of at least 4 members (excludes halogenated alkanes) is 42. The van der Waals surface area contributed by atoms with E-state index in [0.29, 0.717) is 25.7 Å². The van der Waals surface area contributed by atoms with Crippen molar-refractivity contribution in [3.05, 3.63) is 24.3 Å². The summed E-state index contributed by atoms with van der Waals surface area (Å²) in [6.07, 6.45) is 60.4. The average Bonchev–Trinajstić information content (AvgIpc) is 2.24. The summed E-state index contributed by atoms with van der Waals surface area (Å²) in [5, 5.41) is 10.6. The first-order valence-corrected chi connectivity index (χ1v) is 42.0. The molecule has 0 aliphatic heterocycles. The van der Waals surface area contributed by atoms with E-state index in [2.05, 4.69) is 58.9 Å². The zero-order valence-corrected chi connectivity index (χ0v) is 63.1. The van der Waals surface area contributed by atoms with E-state index in [0.717, 1.165) is 115 Å². The number of aliphatic hydroxyl groups excluding tert-OH is 1. The van der Waals surface area contributed by atoms with E-state index in [1.165, 1.54) is 180 Å². The van der Waals surface area contributed by atoms with Gasteiger partial charge in [-0.15, -0.1) is 0 Å². The van der Waals surface area contributed by atoms with Crippen LogP contribution in [0.3, 0.4) is 0 Å². The van der Waals surface area contributed by atoms with Gasteiger partial charge in [-0.25, -0.2) is 9.13 Å². The smallest absolute Gasteiger partial charge is 0.462 e. The molecule has 19 heteroatoms. The number of aliphatic hydroxyl groups is 1. The molecule has 0 amide bonds. The van der Waals surface area contributed by atoms with Crippen LogP contribution in [0.25, 0.3) is 0 Å². The molecule has 0 aromatic rings. The molecule has 0 spiro atoms. The predicted octanol–water partition coefficient (Wildman–Crippen LogP) is 22.0. The summed E-state index contributed by atoms with van der Waals surface area (Å²) in [5.74, 6) is -1.38. The number of hydrogen-bond acceptors (Lipinski definition) is 15. The molecule has 0 aromatic carbocycles. The molecule has 0 heterocycles. The van der Waals surface area contributed by atoms with E-state index in [9.17, 15) is 43.2 Å². The highest BCUT2D eigenvalue weighted by Crippen LogP contribution is 2.45. The summed E-state index contributed by atoms with van der Waals surface area (Å²) in [4.78, 5) is 72.8. The molecule has 0 aliphatic carbocycles. The van der Waals surface area contributed by atoms with Crippen molar-refractivity contribution in [2.45, 2.75) is 393 Å². The highest BCUT2D eigenvalue weighted by molar-refractivity contribution is 7.47. The van der Waals surface area contributed by atoms with Crippen molar-refractivity contribution < 1.29 is 80.2 Å². The van der Waals surface area contributed by atoms with E-state index in [4.69, 9.17) is 37.0 Å². The Hall–Kier alpha value is -2.46. The van der Waals surface area contributed by atoms with Crippen LogP contribution in [0, 0.1) is 5.92 Å². The van der Waals surface area contributed by atoms with Gasteiger partial charge in [0.1, 0.15) is 19.3 Å². The molecule has 0 radical (unpaired) electrons. The van der Waals surface area contributed by atoms with Crippen LogP contribution in [0.5, 0.6) is 0 Å². The van der Waals surface area contributed by atoms with Crippen molar-refractivity contribution in [3.8, 4) is 0 Å². The van der Waals surface area contributed by atoms with Gasteiger partial charge >= 0.3 is 39.5 Å². The molecule has 3 N–H and O–H groups in total. The number of phosphoric acid groups is 2. The maximum Gasteiger partial charge on any atom is 0.472 e. The van der Waals surface area contributed by atoms with Crippen LogP contribution in [-0.4, -0.2) is 96.7 Å². The van der Waals surface area contributed by atoms with Crippen molar-refractivity contribution in [2.75, 3.05) is 39.6 Å². The molecule has 0 fully saturated rings. The third-order valence-electron chi connectivity index (χ3n) is 17.5. The van der Waals surface area contributed by atoms with Crippen LogP contribution in [0.15, 0.2) is 24.3 Å². The molecular weight excluding hydrogens is 1250 g/mol. The summed E-state index contributed by atoms with van der Waals surface area (Å²) in [6.45, 7) is 7.21.